The van der Waals surface area contributed by atoms with E-state index in [1.807, 2.05) is 0 Å². The zero-order valence-electron chi connectivity index (χ0n) is 21.4. The van der Waals surface area contributed by atoms with Gasteiger partial charge in [-0.2, -0.15) is 0 Å². The van der Waals surface area contributed by atoms with Gasteiger partial charge < -0.3 is 45.5 Å². The SMILES string of the molecule is COc1cccc2c1C(=O)c1c(O)c3c(c(O)c1C2=O)CC(O)(C(C)=O)CC3OC1OC(C)C(O)C(N)C1O. The van der Waals surface area contributed by atoms with Crippen LogP contribution in [0.5, 0.6) is 17.2 Å². The molecular weight excluding hydrogens is 514 g/mol. The van der Waals surface area contributed by atoms with Gasteiger partial charge in [-0.3, -0.25) is 14.4 Å². The molecule has 2 aromatic rings. The molecule has 1 fully saturated rings. The maximum Gasteiger partial charge on any atom is 0.202 e. The van der Waals surface area contributed by atoms with Gasteiger partial charge in [0.25, 0.3) is 0 Å². The summed E-state index contributed by atoms with van der Waals surface area (Å²) in [5.41, 5.74) is 2.39. The summed E-state index contributed by atoms with van der Waals surface area (Å²) in [5.74, 6) is -3.52. The van der Waals surface area contributed by atoms with Crippen molar-refractivity contribution in [2.24, 2.45) is 5.73 Å². The molecule has 7 N–H and O–H groups in total. The van der Waals surface area contributed by atoms with Crippen molar-refractivity contribution < 1.29 is 54.1 Å². The minimum atomic E-state index is -2.09. The number of ketones is 3. The molecule has 0 aromatic heterocycles. The van der Waals surface area contributed by atoms with Crippen molar-refractivity contribution in [2.45, 2.75) is 69.0 Å². The second kappa shape index (κ2) is 9.37. The molecule has 5 rings (SSSR count). The average Bonchev–Trinajstić information content (AvgIpc) is 2.90. The maximum atomic E-state index is 13.6. The third-order valence-corrected chi connectivity index (χ3v) is 7.93. The Bertz CT molecular complexity index is 1400. The number of aliphatic hydroxyl groups excluding tert-OH is 2. The number of phenols is 2. The van der Waals surface area contributed by atoms with E-state index in [-0.39, 0.29) is 28.0 Å². The van der Waals surface area contributed by atoms with Crippen molar-refractivity contribution in [1.82, 2.24) is 0 Å². The van der Waals surface area contributed by atoms with E-state index in [0.717, 1.165) is 6.92 Å². The second-order valence-corrected chi connectivity index (χ2v) is 10.2. The molecule has 12 nitrogen and oxygen atoms in total. The Kier molecular flexibility index (Phi) is 6.53. The Morgan fingerprint density at radius 3 is 2.38 bits per heavy atom. The number of methoxy groups -OCH3 is 1. The molecule has 1 heterocycles. The first-order valence-electron chi connectivity index (χ1n) is 12.4. The Morgan fingerprint density at radius 1 is 1.08 bits per heavy atom. The molecule has 0 amide bonds. The number of aromatic hydroxyl groups is 2. The quantitative estimate of drug-likeness (QED) is 0.241. The fourth-order valence-corrected chi connectivity index (χ4v) is 5.65. The molecule has 0 bridgehead atoms. The number of phenolic OH excluding ortho intramolecular Hbond substituents is 2. The lowest BCUT2D eigenvalue weighted by molar-refractivity contribution is -0.286. The van der Waals surface area contributed by atoms with Gasteiger partial charge in [-0.1, -0.05) is 12.1 Å². The number of benzene rings is 2. The number of hydrogen-bond acceptors (Lipinski definition) is 12. The molecule has 2 aliphatic carbocycles. The van der Waals surface area contributed by atoms with Crippen LogP contribution in [0.1, 0.15) is 69.3 Å². The minimum absolute atomic E-state index is 0.0489. The number of rotatable bonds is 4. The van der Waals surface area contributed by atoms with E-state index in [1.54, 1.807) is 0 Å². The zero-order valence-corrected chi connectivity index (χ0v) is 21.4. The van der Waals surface area contributed by atoms with E-state index in [9.17, 15) is 39.9 Å². The molecule has 3 aliphatic rings. The van der Waals surface area contributed by atoms with E-state index in [4.69, 9.17) is 19.9 Å². The normalized spacial score (nSPS) is 31.8. The molecule has 208 valence electrons. The fraction of sp³-hybridized carbons (Fsp3) is 0.444. The van der Waals surface area contributed by atoms with Gasteiger partial charge >= 0.3 is 0 Å². The second-order valence-electron chi connectivity index (χ2n) is 10.2. The first-order valence-corrected chi connectivity index (χ1v) is 12.4. The predicted molar refractivity (Wildman–Crippen MR) is 132 cm³/mol. The van der Waals surface area contributed by atoms with E-state index >= 15 is 0 Å². The molecule has 1 aliphatic heterocycles. The highest BCUT2D eigenvalue weighted by Gasteiger charge is 2.50. The maximum absolute atomic E-state index is 13.6. The Hall–Kier alpha value is -3.39. The number of fused-ring (bicyclic) bond motifs is 3. The largest absolute Gasteiger partial charge is 0.507 e. The van der Waals surface area contributed by atoms with Gasteiger partial charge in [0.15, 0.2) is 17.9 Å². The fourth-order valence-electron chi connectivity index (χ4n) is 5.65. The smallest absolute Gasteiger partial charge is 0.202 e. The monoisotopic (exact) mass is 543 g/mol. The number of nitrogens with two attached hydrogens (primary N) is 1. The van der Waals surface area contributed by atoms with Crippen LogP contribution < -0.4 is 10.5 Å². The van der Waals surface area contributed by atoms with Crippen molar-refractivity contribution in [3.63, 3.8) is 0 Å². The highest BCUT2D eigenvalue weighted by Crippen LogP contribution is 2.52. The van der Waals surface area contributed by atoms with Gasteiger partial charge in [-0.25, -0.2) is 0 Å². The predicted octanol–water partition coefficient (Wildman–Crippen LogP) is -0.000300. The van der Waals surface area contributed by atoms with Gasteiger partial charge in [-0.05, 0) is 19.9 Å². The number of hydrogen-bond donors (Lipinski definition) is 6. The molecule has 0 spiro atoms. The van der Waals surface area contributed by atoms with Gasteiger partial charge in [0.2, 0.25) is 5.78 Å². The van der Waals surface area contributed by atoms with Crippen LogP contribution in [0.25, 0.3) is 0 Å². The van der Waals surface area contributed by atoms with Crippen molar-refractivity contribution in [3.05, 3.63) is 51.6 Å². The van der Waals surface area contributed by atoms with Crippen LogP contribution in [-0.2, 0) is 20.7 Å². The highest BCUT2D eigenvalue weighted by molar-refractivity contribution is 6.31. The van der Waals surface area contributed by atoms with E-state index < -0.39 is 95.2 Å². The summed E-state index contributed by atoms with van der Waals surface area (Å²) < 4.78 is 16.8. The number of carbonyl (C=O) groups is 3. The first kappa shape index (κ1) is 27.2. The summed E-state index contributed by atoms with van der Waals surface area (Å²) in [6.45, 7) is 2.64. The van der Waals surface area contributed by atoms with Crippen LogP contribution in [0.15, 0.2) is 18.2 Å². The molecule has 1 saturated heterocycles. The van der Waals surface area contributed by atoms with Crippen LogP contribution in [0, 0.1) is 0 Å². The van der Waals surface area contributed by atoms with Crippen molar-refractivity contribution in [1.29, 1.82) is 0 Å². The lowest BCUT2D eigenvalue weighted by atomic mass is 9.72. The van der Waals surface area contributed by atoms with Crippen molar-refractivity contribution in [3.8, 4) is 17.2 Å². The average molecular weight is 544 g/mol. The van der Waals surface area contributed by atoms with Gasteiger partial charge in [0.05, 0.1) is 48.2 Å². The highest BCUT2D eigenvalue weighted by atomic mass is 16.7. The third-order valence-electron chi connectivity index (χ3n) is 7.93. The lowest BCUT2D eigenvalue weighted by Gasteiger charge is -2.44. The molecule has 2 aromatic carbocycles. The van der Waals surface area contributed by atoms with Gasteiger partial charge in [0, 0.05) is 29.5 Å². The molecule has 0 saturated carbocycles. The molecule has 7 atom stereocenters. The van der Waals surface area contributed by atoms with E-state index in [2.05, 4.69) is 0 Å². The summed E-state index contributed by atoms with van der Waals surface area (Å²) >= 11 is 0. The summed E-state index contributed by atoms with van der Waals surface area (Å²) in [6.07, 6.45) is -7.43. The number of aliphatic hydroxyl groups is 3. The minimum Gasteiger partial charge on any atom is -0.507 e. The molecule has 0 radical (unpaired) electrons. The van der Waals surface area contributed by atoms with Crippen LogP contribution in [-0.4, -0.2) is 86.2 Å². The summed E-state index contributed by atoms with van der Waals surface area (Å²) in [5, 5.41) is 54.8. The first-order chi connectivity index (χ1) is 18.3. The van der Waals surface area contributed by atoms with Gasteiger partial charge in [0.1, 0.15) is 29.0 Å². The molecule has 7 unspecified atom stereocenters. The molecular formula is C27H29NO11. The topological polar surface area (TPSA) is 206 Å². The molecule has 12 heteroatoms. The zero-order chi connectivity index (χ0) is 28.5. The standard InChI is InChI=1S/C27H29NO11/c1-9-20(30)19(28)25(35)26(38-9)39-14-8-27(36,10(2)29)7-12-16(14)24(34)18-17(22(12)32)21(31)11-5-4-6-13(37-3)15(11)23(18)33/h4-6,9,14,19-20,25-26,30,32,34-36H,7-8,28H2,1-3H3. The number of ether oxygens (including phenoxy) is 3. The van der Waals surface area contributed by atoms with Crippen LogP contribution in [0.3, 0.4) is 0 Å². The molecule has 39 heavy (non-hydrogen) atoms. The third kappa shape index (κ3) is 3.94. The Morgan fingerprint density at radius 2 is 1.74 bits per heavy atom. The Balaban J connectivity index is 1.70. The number of Topliss-reactive ketones (excluding diaryl/α,β-unsaturated/α-hetero) is 1. The number of carbonyl (C=O) groups excluding carboxylic acids is 3. The summed E-state index contributed by atoms with van der Waals surface area (Å²) in [6, 6.07) is 3.20. The van der Waals surface area contributed by atoms with Crippen LogP contribution in [0.2, 0.25) is 0 Å². The van der Waals surface area contributed by atoms with E-state index in [0.29, 0.717) is 0 Å². The van der Waals surface area contributed by atoms with Crippen LogP contribution in [0.4, 0.5) is 0 Å². The van der Waals surface area contributed by atoms with Crippen molar-refractivity contribution >= 4 is 17.3 Å². The lowest BCUT2D eigenvalue weighted by Crippen LogP contribution is -2.61. The van der Waals surface area contributed by atoms with E-state index in [1.165, 1.54) is 32.2 Å². The summed E-state index contributed by atoms with van der Waals surface area (Å²) in [4.78, 5) is 39.6. The summed E-state index contributed by atoms with van der Waals surface area (Å²) in [7, 11) is 1.32. The van der Waals surface area contributed by atoms with Crippen molar-refractivity contribution in [2.75, 3.05) is 7.11 Å². The van der Waals surface area contributed by atoms with Gasteiger partial charge in [-0.15, -0.1) is 0 Å². The van der Waals surface area contributed by atoms with Crippen LogP contribution >= 0.6 is 0 Å². The Labute approximate surface area is 222 Å².